The third-order valence-corrected chi connectivity index (χ3v) is 6.57. The van der Waals surface area contributed by atoms with Crippen molar-refractivity contribution in [2.75, 3.05) is 25.0 Å². The molecule has 2 aromatic carbocycles. The molecule has 0 saturated carbocycles. The molecule has 0 spiro atoms. The molecule has 1 aliphatic rings. The van der Waals surface area contributed by atoms with Gasteiger partial charge in [0.15, 0.2) is 0 Å². The number of benzene rings is 2. The van der Waals surface area contributed by atoms with Gasteiger partial charge in [0, 0.05) is 26.1 Å². The van der Waals surface area contributed by atoms with Gasteiger partial charge in [-0.15, -0.1) is 0 Å². The lowest BCUT2D eigenvalue weighted by Gasteiger charge is -2.25. The maximum absolute atomic E-state index is 13.4. The van der Waals surface area contributed by atoms with Gasteiger partial charge in [-0.1, -0.05) is 48.5 Å². The molecule has 1 fully saturated rings. The minimum absolute atomic E-state index is 0.0579. The highest BCUT2D eigenvalue weighted by molar-refractivity contribution is 6.04. The van der Waals surface area contributed by atoms with Crippen LogP contribution in [-0.4, -0.2) is 56.9 Å². The van der Waals surface area contributed by atoms with E-state index in [1.54, 1.807) is 14.5 Å². The first-order valence-electron chi connectivity index (χ1n) is 12.0. The molecule has 3 aromatic rings. The quantitative estimate of drug-likeness (QED) is 0.538. The van der Waals surface area contributed by atoms with E-state index in [4.69, 9.17) is 0 Å². The maximum atomic E-state index is 13.4. The molecule has 182 valence electrons. The molecule has 0 radical (unpaired) electrons. The second-order valence-corrected chi connectivity index (χ2v) is 8.65. The fourth-order valence-electron chi connectivity index (χ4n) is 4.48. The first-order chi connectivity index (χ1) is 16.9. The first kappa shape index (κ1) is 24.2. The summed E-state index contributed by atoms with van der Waals surface area (Å²) in [6.07, 6.45) is 1.62. The van der Waals surface area contributed by atoms with Gasteiger partial charge in [0.25, 0.3) is 5.91 Å². The van der Waals surface area contributed by atoms with Gasteiger partial charge in [0.2, 0.25) is 11.8 Å². The van der Waals surface area contributed by atoms with Gasteiger partial charge in [-0.2, -0.15) is 5.10 Å². The molecule has 2 unspecified atom stereocenters. The van der Waals surface area contributed by atoms with E-state index < -0.39 is 5.92 Å². The highest BCUT2D eigenvalue weighted by Gasteiger charge is 2.38. The monoisotopic (exact) mass is 473 g/mol. The van der Waals surface area contributed by atoms with Crippen LogP contribution in [0.1, 0.15) is 49.2 Å². The van der Waals surface area contributed by atoms with Crippen molar-refractivity contribution in [1.82, 2.24) is 19.6 Å². The number of aromatic nitrogens is 2. The number of likely N-dealkylation sites (tertiary alicyclic amines) is 1. The maximum Gasteiger partial charge on any atom is 0.259 e. The second kappa shape index (κ2) is 10.5. The highest BCUT2D eigenvalue weighted by Crippen LogP contribution is 2.30. The summed E-state index contributed by atoms with van der Waals surface area (Å²) in [5, 5.41) is 7.35. The Bertz CT molecular complexity index is 1190. The summed E-state index contributed by atoms with van der Waals surface area (Å²) >= 11 is 0. The van der Waals surface area contributed by atoms with Crippen LogP contribution in [0.2, 0.25) is 0 Å². The minimum Gasteiger partial charge on any atom is -0.339 e. The van der Waals surface area contributed by atoms with Crippen molar-refractivity contribution < 1.29 is 14.4 Å². The number of hydrogen-bond donors (Lipinski definition) is 1. The van der Waals surface area contributed by atoms with Crippen LogP contribution < -0.4 is 5.32 Å². The first-order valence-corrected chi connectivity index (χ1v) is 12.0. The molecule has 2 heterocycles. The SMILES string of the molecule is CCN(CC)C(=O)c1cnn(-c2ccccc2)c1NC(=O)C1CC(=O)N(C(C)c2ccccc2)C1. The van der Waals surface area contributed by atoms with Crippen molar-refractivity contribution in [3.63, 3.8) is 0 Å². The summed E-state index contributed by atoms with van der Waals surface area (Å²) in [4.78, 5) is 42.8. The number of carbonyl (C=O) groups is 3. The lowest BCUT2D eigenvalue weighted by Crippen LogP contribution is -2.33. The molecule has 1 saturated heterocycles. The van der Waals surface area contributed by atoms with Crippen LogP contribution in [0.15, 0.2) is 66.9 Å². The van der Waals surface area contributed by atoms with Crippen LogP contribution in [0.4, 0.5) is 5.82 Å². The molecule has 1 N–H and O–H groups in total. The Hall–Kier alpha value is -3.94. The summed E-state index contributed by atoms with van der Waals surface area (Å²) in [5.41, 5.74) is 2.07. The Labute approximate surface area is 205 Å². The van der Waals surface area contributed by atoms with Crippen LogP contribution in [0.3, 0.4) is 0 Å². The summed E-state index contributed by atoms with van der Waals surface area (Å²) in [6.45, 7) is 7.20. The molecule has 35 heavy (non-hydrogen) atoms. The Balaban J connectivity index is 1.59. The zero-order valence-electron chi connectivity index (χ0n) is 20.3. The number of hydrogen-bond acceptors (Lipinski definition) is 4. The summed E-state index contributed by atoms with van der Waals surface area (Å²) in [5.74, 6) is -0.761. The van der Waals surface area contributed by atoms with Crippen molar-refractivity contribution in [2.24, 2.45) is 5.92 Å². The molecule has 0 aliphatic carbocycles. The van der Waals surface area contributed by atoms with Crippen LogP contribution in [-0.2, 0) is 9.59 Å². The third kappa shape index (κ3) is 4.96. The van der Waals surface area contributed by atoms with Crippen molar-refractivity contribution in [3.8, 4) is 5.69 Å². The Morgan fingerprint density at radius 2 is 1.69 bits per heavy atom. The fraction of sp³-hybridized carbons (Fsp3) is 0.333. The zero-order chi connectivity index (χ0) is 24.9. The fourth-order valence-corrected chi connectivity index (χ4v) is 4.48. The van der Waals surface area contributed by atoms with E-state index in [1.165, 1.54) is 6.20 Å². The van der Waals surface area contributed by atoms with Gasteiger partial charge in [0.05, 0.1) is 23.8 Å². The zero-order valence-corrected chi connectivity index (χ0v) is 20.3. The van der Waals surface area contributed by atoms with Gasteiger partial charge in [-0.25, -0.2) is 4.68 Å². The van der Waals surface area contributed by atoms with Crippen LogP contribution in [0, 0.1) is 5.92 Å². The van der Waals surface area contributed by atoms with Crippen molar-refractivity contribution >= 4 is 23.5 Å². The average molecular weight is 474 g/mol. The van der Waals surface area contributed by atoms with Gasteiger partial charge in [-0.05, 0) is 38.5 Å². The van der Waals surface area contributed by atoms with E-state index in [0.29, 0.717) is 31.0 Å². The van der Waals surface area contributed by atoms with E-state index >= 15 is 0 Å². The molecule has 1 aromatic heterocycles. The molecule has 1 aliphatic heterocycles. The number of rotatable bonds is 8. The Morgan fingerprint density at radius 1 is 1.06 bits per heavy atom. The molecule has 3 amide bonds. The van der Waals surface area contributed by atoms with E-state index in [2.05, 4.69) is 10.4 Å². The Kier molecular flexibility index (Phi) is 7.29. The average Bonchev–Trinajstić information content (AvgIpc) is 3.49. The Morgan fingerprint density at radius 3 is 2.31 bits per heavy atom. The van der Waals surface area contributed by atoms with E-state index in [0.717, 1.165) is 11.3 Å². The number of nitrogens with zero attached hydrogens (tertiary/aromatic N) is 4. The number of nitrogens with one attached hydrogen (secondary N) is 1. The lowest BCUT2D eigenvalue weighted by atomic mass is 10.1. The topological polar surface area (TPSA) is 87.5 Å². The van der Waals surface area contributed by atoms with Gasteiger partial charge in [-0.3, -0.25) is 14.4 Å². The third-order valence-electron chi connectivity index (χ3n) is 6.57. The van der Waals surface area contributed by atoms with Crippen molar-refractivity contribution in [2.45, 2.75) is 33.2 Å². The highest BCUT2D eigenvalue weighted by atomic mass is 16.2. The number of anilines is 1. The van der Waals surface area contributed by atoms with E-state index in [-0.39, 0.29) is 30.2 Å². The molecule has 8 nitrogen and oxygen atoms in total. The molecular weight excluding hydrogens is 442 g/mol. The van der Waals surface area contributed by atoms with E-state index in [1.807, 2.05) is 81.4 Å². The second-order valence-electron chi connectivity index (χ2n) is 8.65. The van der Waals surface area contributed by atoms with E-state index in [9.17, 15) is 14.4 Å². The summed E-state index contributed by atoms with van der Waals surface area (Å²) in [7, 11) is 0. The van der Waals surface area contributed by atoms with Gasteiger partial charge < -0.3 is 15.1 Å². The van der Waals surface area contributed by atoms with Crippen molar-refractivity contribution in [1.29, 1.82) is 0 Å². The summed E-state index contributed by atoms with van der Waals surface area (Å²) < 4.78 is 1.57. The summed E-state index contributed by atoms with van der Waals surface area (Å²) in [6, 6.07) is 19.0. The largest absolute Gasteiger partial charge is 0.339 e. The van der Waals surface area contributed by atoms with Crippen LogP contribution >= 0.6 is 0 Å². The molecular formula is C27H31N5O3. The molecule has 0 bridgehead atoms. The van der Waals surface area contributed by atoms with Crippen LogP contribution in [0.25, 0.3) is 5.69 Å². The molecule has 4 rings (SSSR count). The number of carbonyl (C=O) groups excluding carboxylic acids is 3. The van der Waals surface area contributed by atoms with Crippen molar-refractivity contribution in [3.05, 3.63) is 78.0 Å². The predicted octanol–water partition coefficient (Wildman–Crippen LogP) is 3.90. The lowest BCUT2D eigenvalue weighted by molar-refractivity contribution is -0.129. The molecule has 8 heteroatoms. The molecule has 2 atom stereocenters. The standard InChI is InChI=1S/C27H31N5O3/c1-4-30(5-2)27(35)23-17-28-32(22-14-10-7-11-15-22)25(23)29-26(34)21-16-24(33)31(18-21)19(3)20-12-8-6-9-13-20/h6-15,17,19,21H,4-5,16,18H2,1-3H3,(H,29,34). The predicted molar refractivity (Wildman–Crippen MR) is 134 cm³/mol. The van der Waals surface area contributed by atoms with Crippen LogP contribution in [0.5, 0.6) is 0 Å². The minimum atomic E-state index is -0.524. The smallest absolute Gasteiger partial charge is 0.259 e. The van der Waals surface area contributed by atoms with Gasteiger partial charge >= 0.3 is 0 Å². The number of para-hydroxylation sites is 1. The van der Waals surface area contributed by atoms with Gasteiger partial charge in [0.1, 0.15) is 11.4 Å². The number of amides is 3. The normalized spacial score (nSPS) is 16.3.